The Morgan fingerprint density at radius 3 is 2.66 bits per heavy atom. The second-order valence-corrected chi connectivity index (χ2v) is 6.55. The maximum Gasteiger partial charge on any atom is 0.586 e. The van der Waals surface area contributed by atoms with Crippen LogP contribution in [0.2, 0.25) is 0 Å². The van der Waals surface area contributed by atoms with E-state index in [1.807, 2.05) is 13.8 Å². The molecule has 1 aromatic heterocycles. The van der Waals surface area contributed by atoms with Crippen molar-refractivity contribution < 1.29 is 18.3 Å². The van der Waals surface area contributed by atoms with Gasteiger partial charge in [0.05, 0.1) is 5.70 Å². The molecule has 1 aliphatic rings. The predicted molar refractivity (Wildman–Crippen MR) is 110 cm³/mol. The summed E-state index contributed by atoms with van der Waals surface area (Å²) in [4.78, 5) is 8.78. The molecule has 1 aromatic carbocycles. The number of rotatable bonds is 6. The van der Waals surface area contributed by atoms with Crippen molar-refractivity contribution in [2.24, 2.45) is 4.99 Å². The molecule has 152 valence electrons. The van der Waals surface area contributed by atoms with Crippen molar-refractivity contribution in [2.75, 3.05) is 5.32 Å². The molecule has 0 spiro atoms. The molecule has 0 radical (unpaired) electrons. The minimum atomic E-state index is -3.66. The maximum absolute atomic E-state index is 13.4. The lowest BCUT2D eigenvalue weighted by Crippen LogP contribution is -2.26. The molecule has 5 nitrogen and oxygen atoms in total. The SMILES string of the molecule is CC=N/C(=C\Nc1ccc(-c2cccc3c2OC(F)(F)O3)cn1)C(C)=C(C)CC. The Labute approximate surface area is 168 Å². The number of halogens is 2. The van der Waals surface area contributed by atoms with E-state index in [9.17, 15) is 8.78 Å². The molecule has 0 atom stereocenters. The van der Waals surface area contributed by atoms with Crippen LogP contribution in [-0.2, 0) is 0 Å². The molecule has 0 fully saturated rings. The Morgan fingerprint density at radius 2 is 2.00 bits per heavy atom. The van der Waals surface area contributed by atoms with E-state index >= 15 is 0 Å². The van der Waals surface area contributed by atoms with Crippen molar-refractivity contribution in [1.29, 1.82) is 0 Å². The van der Waals surface area contributed by atoms with Gasteiger partial charge in [-0.25, -0.2) is 4.98 Å². The van der Waals surface area contributed by atoms with E-state index in [0.717, 1.165) is 17.7 Å². The molecule has 0 amide bonds. The first-order chi connectivity index (χ1) is 13.8. The summed E-state index contributed by atoms with van der Waals surface area (Å²) in [6.45, 7) is 8.08. The zero-order valence-electron chi connectivity index (χ0n) is 16.8. The average molecular weight is 399 g/mol. The highest BCUT2D eigenvalue weighted by Gasteiger charge is 2.44. The normalized spacial score (nSPS) is 16.1. The largest absolute Gasteiger partial charge is 0.586 e. The van der Waals surface area contributed by atoms with Gasteiger partial charge in [0.2, 0.25) is 0 Å². The number of hydrogen-bond donors (Lipinski definition) is 1. The summed E-state index contributed by atoms with van der Waals surface area (Å²) >= 11 is 0. The van der Waals surface area contributed by atoms with Gasteiger partial charge in [-0.1, -0.05) is 24.6 Å². The molecule has 0 saturated heterocycles. The molecule has 7 heteroatoms. The number of aliphatic imine (C=N–C) groups is 1. The van der Waals surface area contributed by atoms with E-state index in [-0.39, 0.29) is 11.5 Å². The molecule has 2 heterocycles. The van der Waals surface area contributed by atoms with Gasteiger partial charge in [-0.15, -0.1) is 8.78 Å². The monoisotopic (exact) mass is 399 g/mol. The molecule has 0 saturated carbocycles. The number of ether oxygens (including phenoxy) is 2. The zero-order valence-corrected chi connectivity index (χ0v) is 16.8. The van der Waals surface area contributed by atoms with Crippen LogP contribution >= 0.6 is 0 Å². The Morgan fingerprint density at radius 1 is 1.21 bits per heavy atom. The lowest BCUT2D eigenvalue weighted by Gasteiger charge is -2.09. The molecule has 0 aliphatic carbocycles. The van der Waals surface area contributed by atoms with Crippen LogP contribution in [0.1, 0.15) is 34.1 Å². The Bertz CT molecular complexity index is 980. The number of benzene rings is 1. The second-order valence-electron chi connectivity index (χ2n) is 6.55. The minimum Gasteiger partial charge on any atom is -0.395 e. The van der Waals surface area contributed by atoms with Gasteiger partial charge in [0.15, 0.2) is 11.5 Å². The number of hydrogen-bond acceptors (Lipinski definition) is 5. The van der Waals surface area contributed by atoms with Crippen LogP contribution in [0.4, 0.5) is 14.6 Å². The van der Waals surface area contributed by atoms with Gasteiger partial charge in [-0.05, 0) is 51.0 Å². The summed E-state index contributed by atoms with van der Waals surface area (Å²) in [6.07, 6.45) is 2.42. The number of allylic oxidation sites excluding steroid dienone is 2. The fourth-order valence-corrected chi connectivity index (χ4v) is 2.84. The van der Waals surface area contributed by atoms with Gasteiger partial charge in [0.25, 0.3) is 0 Å². The summed E-state index contributed by atoms with van der Waals surface area (Å²) in [5, 5.41) is 3.14. The van der Waals surface area contributed by atoms with E-state index in [1.165, 1.54) is 11.6 Å². The standard InChI is InChI=1S/C22H23F2N3O2/c1-5-14(3)15(4)18(25-6-2)13-27-20-11-10-16(12-26-20)17-8-7-9-19-21(17)29-22(23,24)28-19/h6-13H,5H2,1-4H3,(H,26,27)/b15-14?,18-13-,25-6?. The van der Waals surface area contributed by atoms with Crippen molar-refractivity contribution >= 4 is 12.0 Å². The van der Waals surface area contributed by atoms with Crippen LogP contribution < -0.4 is 14.8 Å². The fraction of sp³-hybridized carbons (Fsp3) is 0.273. The summed E-state index contributed by atoms with van der Waals surface area (Å²) < 4.78 is 35.9. The first-order valence-electron chi connectivity index (χ1n) is 9.32. The van der Waals surface area contributed by atoms with E-state index in [4.69, 9.17) is 0 Å². The number of aromatic nitrogens is 1. The number of fused-ring (bicyclic) bond motifs is 1. The third-order valence-electron chi connectivity index (χ3n) is 4.68. The average Bonchev–Trinajstić information content (AvgIpc) is 3.04. The third kappa shape index (κ3) is 4.62. The number of para-hydroxylation sites is 1. The van der Waals surface area contributed by atoms with E-state index < -0.39 is 6.29 Å². The topological polar surface area (TPSA) is 55.7 Å². The van der Waals surface area contributed by atoms with Crippen molar-refractivity contribution in [3.8, 4) is 22.6 Å². The predicted octanol–water partition coefficient (Wildman–Crippen LogP) is 6.16. The highest BCUT2D eigenvalue weighted by atomic mass is 19.3. The quantitative estimate of drug-likeness (QED) is 0.467. The fourth-order valence-electron chi connectivity index (χ4n) is 2.84. The van der Waals surface area contributed by atoms with Crippen LogP contribution in [0.3, 0.4) is 0 Å². The molecular weight excluding hydrogens is 376 g/mol. The van der Waals surface area contributed by atoms with E-state index in [2.05, 4.69) is 38.6 Å². The maximum atomic E-state index is 13.4. The first kappa shape index (κ1) is 20.5. The van der Waals surface area contributed by atoms with E-state index in [0.29, 0.717) is 16.9 Å². The van der Waals surface area contributed by atoms with Crippen LogP contribution in [0.5, 0.6) is 11.5 Å². The summed E-state index contributed by atoms with van der Waals surface area (Å²) in [6, 6.07) is 8.30. The van der Waals surface area contributed by atoms with Gasteiger partial charge >= 0.3 is 6.29 Å². The van der Waals surface area contributed by atoms with Crippen LogP contribution in [0.15, 0.2) is 64.6 Å². The number of anilines is 1. The lowest BCUT2D eigenvalue weighted by atomic mass is 10.1. The molecule has 0 unspecified atom stereocenters. The van der Waals surface area contributed by atoms with Gasteiger partial charge in [-0.2, -0.15) is 0 Å². The number of nitrogens with zero attached hydrogens (tertiary/aromatic N) is 2. The molecule has 2 aromatic rings. The second kappa shape index (κ2) is 8.43. The molecule has 1 N–H and O–H groups in total. The smallest absolute Gasteiger partial charge is 0.395 e. The Kier molecular flexibility index (Phi) is 5.96. The number of pyridine rings is 1. The van der Waals surface area contributed by atoms with Crippen LogP contribution in [0.25, 0.3) is 11.1 Å². The Hall–Kier alpha value is -3.22. The van der Waals surface area contributed by atoms with Gasteiger partial charge < -0.3 is 14.8 Å². The highest BCUT2D eigenvalue weighted by Crippen LogP contribution is 2.46. The molecule has 3 rings (SSSR count). The van der Waals surface area contributed by atoms with Crippen LogP contribution in [0, 0.1) is 0 Å². The summed E-state index contributed by atoms with van der Waals surface area (Å²) in [5.74, 6) is 0.623. The molecule has 1 aliphatic heterocycles. The lowest BCUT2D eigenvalue weighted by molar-refractivity contribution is -0.286. The van der Waals surface area contributed by atoms with Crippen molar-refractivity contribution in [1.82, 2.24) is 4.98 Å². The molecule has 29 heavy (non-hydrogen) atoms. The third-order valence-corrected chi connectivity index (χ3v) is 4.68. The van der Waals surface area contributed by atoms with Gasteiger partial charge in [0.1, 0.15) is 5.82 Å². The number of alkyl halides is 2. The first-order valence-corrected chi connectivity index (χ1v) is 9.32. The van der Waals surface area contributed by atoms with Crippen molar-refractivity contribution in [3.63, 3.8) is 0 Å². The molecule has 0 bridgehead atoms. The molecular formula is C22H23F2N3O2. The van der Waals surface area contributed by atoms with Gasteiger partial charge in [0, 0.05) is 29.7 Å². The van der Waals surface area contributed by atoms with Gasteiger partial charge in [-0.3, -0.25) is 4.99 Å². The van der Waals surface area contributed by atoms with Crippen LogP contribution in [-0.4, -0.2) is 17.5 Å². The van der Waals surface area contributed by atoms with E-state index in [1.54, 1.807) is 42.9 Å². The van der Waals surface area contributed by atoms with Crippen molar-refractivity contribution in [3.05, 3.63) is 59.6 Å². The zero-order chi connectivity index (χ0) is 21.0. The minimum absolute atomic E-state index is 0.00765. The summed E-state index contributed by atoms with van der Waals surface area (Å²) in [5.41, 5.74) is 4.31. The summed E-state index contributed by atoms with van der Waals surface area (Å²) in [7, 11) is 0. The van der Waals surface area contributed by atoms with Crippen molar-refractivity contribution in [2.45, 2.75) is 40.4 Å². The Balaban J connectivity index is 1.83. The highest BCUT2D eigenvalue weighted by molar-refractivity contribution is 5.74. The number of nitrogens with one attached hydrogen (secondary N) is 1.